The molecule has 0 saturated carbocycles. The van der Waals surface area contributed by atoms with E-state index in [-0.39, 0.29) is 24.2 Å². The van der Waals surface area contributed by atoms with Gasteiger partial charge in [0, 0.05) is 65.3 Å². The van der Waals surface area contributed by atoms with E-state index in [1.54, 1.807) is 7.11 Å². The first-order valence-corrected chi connectivity index (χ1v) is 9.77. The van der Waals surface area contributed by atoms with Crippen molar-refractivity contribution in [3.8, 4) is 5.75 Å². The number of rotatable bonds is 6. The maximum absolute atomic E-state index is 12.5. The van der Waals surface area contributed by atoms with E-state index in [0.29, 0.717) is 12.8 Å². The highest BCUT2D eigenvalue weighted by atomic mass is 35.5. The van der Waals surface area contributed by atoms with Crippen LogP contribution in [0.15, 0.2) is 24.3 Å². The van der Waals surface area contributed by atoms with Gasteiger partial charge in [-0.25, -0.2) is 0 Å². The molecular formula is C20H31ClN4O3. The van der Waals surface area contributed by atoms with Crippen LogP contribution in [0.4, 0.5) is 0 Å². The molecule has 0 aromatic heterocycles. The molecule has 1 aromatic rings. The molecule has 3 rings (SSSR count). The molecule has 7 nitrogen and oxygen atoms in total. The summed E-state index contributed by atoms with van der Waals surface area (Å²) >= 11 is 0. The summed E-state index contributed by atoms with van der Waals surface area (Å²) in [5.74, 6) is 1.17. The highest BCUT2D eigenvalue weighted by Gasteiger charge is 2.23. The number of halogens is 1. The van der Waals surface area contributed by atoms with Crippen molar-refractivity contribution in [3.05, 3.63) is 29.8 Å². The molecule has 0 bridgehead atoms. The SMILES string of the molecule is COc1cccc(CC(=O)N2CCN(CCC(=O)N3CCNCC3)CC2)c1.Cl. The summed E-state index contributed by atoms with van der Waals surface area (Å²) in [6.07, 6.45) is 0.969. The van der Waals surface area contributed by atoms with Gasteiger partial charge in [0.1, 0.15) is 5.75 Å². The summed E-state index contributed by atoms with van der Waals surface area (Å²) in [6.45, 7) is 7.30. The molecule has 0 atom stereocenters. The molecule has 8 heteroatoms. The molecule has 1 N–H and O–H groups in total. The zero-order valence-electron chi connectivity index (χ0n) is 16.6. The van der Waals surface area contributed by atoms with E-state index >= 15 is 0 Å². The summed E-state index contributed by atoms with van der Waals surface area (Å²) in [6, 6.07) is 7.66. The molecule has 2 aliphatic rings. The normalized spacial score (nSPS) is 17.8. The Balaban J connectivity index is 0.00000280. The second kappa shape index (κ2) is 11.2. The minimum absolute atomic E-state index is 0. The van der Waals surface area contributed by atoms with Gasteiger partial charge < -0.3 is 19.9 Å². The summed E-state index contributed by atoms with van der Waals surface area (Å²) in [7, 11) is 1.63. The molecule has 2 heterocycles. The Morgan fingerprint density at radius 3 is 2.36 bits per heavy atom. The molecule has 28 heavy (non-hydrogen) atoms. The van der Waals surface area contributed by atoms with E-state index < -0.39 is 0 Å². The first kappa shape index (κ1) is 22.5. The van der Waals surface area contributed by atoms with Crippen molar-refractivity contribution in [2.75, 3.05) is 66.0 Å². The zero-order chi connectivity index (χ0) is 19.1. The Morgan fingerprint density at radius 1 is 1.00 bits per heavy atom. The van der Waals surface area contributed by atoms with E-state index in [0.717, 1.165) is 70.2 Å². The van der Waals surface area contributed by atoms with Crippen LogP contribution in [0.3, 0.4) is 0 Å². The molecule has 2 amide bonds. The third-order valence-corrected chi connectivity index (χ3v) is 5.33. The Morgan fingerprint density at radius 2 is 1.68 bits per heavy atom. The minimum atomic E-state index is 0. The average Bonchev–Trinajstić information content (AvgIpc) is 2.73. The predicted molar refractivity (Wildman–Crippen MR) is 111 cm³/mol. The van der Waals surface area contributed by atoms with Crippen molar-refractivity contribution in [2.45, 2.75) is 12.8 Å². The molecule has 2 saturated heterocycles. The molecule has 0 spiro atoms. The summed E-state index contributed by atoms with van der Waals surface area (Å²) in [5, 5.41) is 3.27. The van der Waals surface area contributed by atoms with Crippen molar-refractivity contribution in [3.63, 3.8) is 0 Å². The molecular weight excluding hydrogens is 380 g/mol. The van der Waals surface area contributed by atoms with Crippen LogP contribution >= 0.6 is 12.4 Å². The lowest BCUT2D eigenvalue weighted by molar-refractivity contribution is -0.134. The number of piperazine rings is 2. The summed E-state index contributed by atoms with van der Waals surface area (Å²) in [4.78, 5) is 31.0. The van der Waals surface area contributed by atoms with Crippen LogP contribution in [0, 0.1) is 0 Å². The number of nitrogens with one attached hydrogen (secondary N) is 1. The number of benzene rings is 1. The molecule has 2 fully saturated rings. The molecule has 156 valence electrons. The third-order valence-electron chi connectivity index (χ3n) is 5.33. The van der Waals surface area contributed by atoms with Crippen molar-refractivity contribution in [2.24, 2.45) is 0 Å². The smallest absolute Gasteiger partial charge is 0.227 e. The fourth-order valence-electron chi connectivity index (χ4n) is 3.62. The maximum atomic E-state index is 12.5. The molecule has 0 unspecified atom stereocenters. The number of amides is 2. The van der Waals surface area contributed by atoms with Gasteiger partial charge in [-0.3, -0.25) is 14.5 Å². The summed E-state index contributed by atoms with van der Waals surface area (Å²) in [5.41, 5.74) is 0.975. The van der Waals surface area contributed by atoms with Gasteiger partial charge in [-0.2, -0.15) is 0 Å². The topological polar surface area (TPSA) is 65.1 Å². The monoisotopic (exact) mass is 410 g/mol. The van der Waals surface area contributed by atoms with Crippen LogP contribution in [-0.4, -0.2) is 92.5 Å². The average molecular weight is 411 g/mol. The van der Waals surface area contributed by atoms with Gasteiger partial charge in [0.2, 0.25) is 11.8 Å². The number of hydrogen-bond donors (Lipinski definition) is 1. The van der Waals surface area contributed by atoms with Gasteiger partial charge in [-0.1, -0.05) is 12.1 Å². The largest absolute Gasteiger partial charge is 0.497 e. The zero-order valence-corrected chi connectivity index (χ0v) is 17.4. The van der Waals surface area contributed by atoms with Gasteiger partial charge in [-0.05, 0) is 17.7 Å². The van der Waals surface area contributed by atoms with E-state index in [1.807, 2.05) is 34.1 Å². The lowest BCUT2D eigenvalue weighted by Gasteiger charge is -2.35. The van der Waals surface area contributed by atoms with E-state index in [4.69, 9.17) is 4.74 Å². The minimum Gasteiger partial charge on any atom is -0.497 e. The molecule has 2 aliphatic heterocycles. The lowest BCUT2D eigenvalue weighted by Crippen LogP contribution is -2.50. The lowest BCUT2D eigenvalue weighted by atomic mass is 10.1. The second-order valence-corrected chi connectivity index (χ2v) is 7.13. The quantitative estimate of drug-likeness (QED) is 0.745. The molecule has 0 radical (unpaired) electrons. The van der Waals surface area contributed by atoms with Crippen LogP contribution in [0.2, 0.25) is 0 Å². The Bertz CT molecular complexity index is 644. The Hall–Kier alpha value is -1.83. The van der Waals surface area contributed by atoms with Crippen molar-refractivity contribution < 1.29 is 14.3 Å². The number of hydrogen-bond acceptors (Lipinski definition) is 5. The predicted octanol–water partition coefficient (Wildman–Crippen LogP) is 0.626. The standard InChI is InChI=1S/C20H30N4O3.ClH/c1-27-18-4-2-3-17(15-18)16-20(26)24-13-11-22(12-14-24)8-5-19(25)23-9-6-21-7-10-23;/h2-4,15,21H,5-14,16H2,1H3;1H. The third kappa shape index (κ3) is 6.36. The fourth-order valence-corrected chi connectivity index (χ4v) is 3.62. The number of carbonyl (C=O) groups excluding carboxylic acids is 2. The molecule has 1 aromatic carbocycles. The van der Waals surface area contributed by atoms with Crippen LogP contribution in [0.5, 0.6) is 5.75 Å². The fraction of sp³-hybridized carbons (Fsp3) is 0.600. The van der Waals surface area contributed by atoms with E-state index in [1.165, 1.54) is 0 Å². The second-order valence-electron chi connectivity index (χ2n) is 7.13. The van der Waals surface area contributed by atoms with Crippen molar-refractivity contribution in [1.29, 1.82) is 0 Å². The Labute approximate surface area is 173 Å². The highest BCUT2D eigenvalue weighted by molar-refractivity contribution is 5.85. The molecule has 0 aliphatic carbocycles. The van der Waals surface area contributed by atoms with Gasteiger partial charge in [-0.15, -0.1) is 12.4 Å². The van der Waals surface area contributed by atoms with Gasteiger partial charge in [0.05, 0.1) is 13.5 Å². The van der Waals surface area contributed by atoms with Gasteiger partial charge in [0.25, 0.3) is 0 Å². The number of nitrogens with zero attached hydrogens (tertiary/aromatic N) is 3. The first-order chi connectivity index (χ1) is 13.2. The van der Waals surface area contributed by atoms with Crippen molar-refractivity contribution >= 4 is 24.2 Å². The van der Waals surface area contributed by atoms with Gasteiger partial charge >= 0.3 is 0 Å². The summed E-state index contributed by atoms with van der Waals surface area (Å²) < 4.78 is 5.22. The van der Waals surface area contributed by atoms with Crippen LogP contribution in [-0.2, 0) is 16.0 Å². The maximum Gasteiger partial charge on any atom is 0.227 e. The van der Waals surface area contributed by atoms with E-state index in [9.17, 15) is 9.59 Å². The van der Waals surface area contributed by atoms with Crippen LogP contribution < -0.4 is 10.1 Å². The first-order valence-electron chi connectivity index (χ1n) is 9.77. The number of methoxy groups -OCH3 is 1. The highest BCUT2D eigenvalue weighted by Crippen LogP contribution is 2.14. The number of ether oxygens (including phenoxy) is 1. The van der Waals surface area contributed by atoms with Gasteiger partial charge in [0.15, 0.2) is 0 Å². The van der Waals surface area contributed by atoms with E-state index in [2.05, 4.69) is 10.2 Å². The van der Waals surface area contributed by atoms with Crippen LogP contribution in [0.1, 0.15) is 12.0 Å². The number of carbonyl (C=O) groups is 2. The van der Waals surface area contributed by atoms with Crippen LogP contribution in [0.25, 0.3) is 0 Å². The van der Waals surface area contributed by atoms with Crippen molar-refractivity contribution in [1.82, 2.24) is 20.0 Å². The Kier molecular flexibility index (Phi) is 9.02.